The molecule has 0 fully saturated rings. The molecule has 0 unspecified atom stereocenters. The molecule has 0 aliphatic carbocycles. The molecule has 156 valence electrons. The molecule has 0 amide bonds. The number of nitrogens with zero attached hydrogens (tertiary/aromatic N) is 3. The summed E-state index contributed by atoms with van der Waals surface area (Å²) in [6.45, 7) is 3.26. The van der Waals surface area contributed by atoms with Crippen LogP contribution in [0.4, 0.5) is 17.3 Å². The molecule has 4 rings (SSSR count). The molecule has 1 aromatic carbocycles. The van der Waals surface area contributed by atoms with Crippen molar-refractivity contribution in [2.45, 2.75) is 0 Å². The third-order valence-electron chi connectivity index (χ3n) is 4.25. The van der Waals surface area contributed by atoms with Gasteiger partial charge in [-0.2, -0.15) is 11.3 Å². The Kier molecular flexibility index (Phi) is 5.68. The lowest BCUT2D eigenvalue weighted by atomic mass is 10.1. The van der Waals surface area contributed by atoms with Crippen molar-refractivity contribution in [2.75, 3.05) is 10.0 Å². The van der Waals surface area contributed by atoms with Crippen LogP contribution in [0.3, 0.4) is 0 Å². The Morgan fingerprint density at radius 3 is 2.71 bits per heavy atom. The molecule has 0 aliphatic heterocycles. The third kappa shape index (κ3) is 4.55. The van der Waals surface area contributed by atoms with E-state index < -0.39 is 10.0 Å². The molecule has 0 saturated heterocycles. The molecule has 0 saturated carbocycles. The summed E-state index contributed by atoms with van der Waals surface area (Å²) in [6.07, 6.45) is 2.79. The molecule has 0 bridgehead atoms. The monoisotopic (exact) mass is 471 g/mol. The number of carbonyl (C=O) groups excluding carboxylic acids is 1. The lowest BCUT2D eigenvalue weighted by molar-refractivity contribution is 0.103. The van der Waals surface area contributed by atoms with Crippen LogP contribution in [0.1, 0.15) is 15.9 Å². The number of aromatic nitrogens is 3. The molecule has 8 nitrogen and oxygen atoms in total. The van der Waals surface area contributed by atoms with Gasteiger partial charge >= 0.3 is 0 Å². The predicted octanol–water partition coefficient (Wildman–Crippen LogP) is 4.60. The summed E-state index contributed by atoms with van der Waals surface area (Å²) in [5, 5.41) is 8.34. The second-order valence-corrected chi connectivity index (χ2v) is 9.10. The van der Waals surface area contributed by atoms with Crippen LogP contribution in [0.2, 0.25) is 5.02 Å². The smallest absolute Gasteiger partial charge is 0.255 e. The number of hydrogen-bond donors (Lipinski definition) is 2. The van der Waals surface area contributed by atoms with Gasteiger partial charge in [0.1, 0.15) is 18.0 Å². The van der Waals surface area contributed by atoms with Gasteiger partial charge in [-0.1, -0.05) is 18.2 Å². The van der Waals surface area contributed by atoms with Crippen molar-refractivity contribution >= 4 is 67.0 Å². The van der Waals surface area contributed by atoms with E-state index in [0.29, 0.717) is 38.6 Å². The number of benzene rings is 1. The van der Waals surface area contributed by atoms with Crippen molar-refractivity contribution in [3.8, 4) is 0 Å². The average molecular weight is 472 g/mol. The van der Waals surface area contributed by atoms with Gasteiger partial charge in [0.2, 0.25) is 0 Å². The van der Waals surface area contributed by atoms with Gasteiger partial charge in [0.05, 0.1) is 16.7 Å². The molecule has 2 N–H and O–H groups in total. The predicted molar refractivity (Wildman–Crippen MR) is 123 cm³/mol. The Labute approximate surface area is 186 Å². The topological polar surface area (TPSA) is 114 Å². The molecule has 31 heavy (non-hydrogen) atoms. The Hall–Kier alpha value is -3.34. The van der Waals surface area contributed by atoms with E-state index in [-0.39, 0.29) is 11.6 Å². The maximum absolute atomic E-state index is 12.6. The summed E-state index contributed by atoms with van der Waals surface area (Å²) in [5.41, 5.74) is 2.08. The van der Waals surface area contributed by atoms with E-state index in [4.69, 9.17) is 11.6 Å². The van der Waals surface area contributed by atoms with Crippen molar-refractivity contribution in [1.29, 1.82) is 0 Å². The maximum atomic E-state index is 12.6. The second-order valence-electron chi connectivity index (χ2n) is 6.28. The van der Waals surface area contributed by atoms with Gasteiger partial charge < -0.3 is 5.32 Å². The van der Waals surface area contributed by atoms with Gasteiger partial charge in [-0.25, -0.2) is 23.4 Å². The number of halogens is 1. The molecule has 4 aromatic rings. The second kappa shape index (κ2) is 8.42. The highest BCUT2D eigenvalue weighted by molar-refractivity contribution is 7.95. The fraction of sp³-hybridized carbons (Fsp3) is 0. The zero-order valence-electron chi connectivity index (χ0n) is 15.7. The zero-order valence-corrected chi connectivity index (χ0v) is 18.1. The zero-order chi connectivity index (χ0) is 22.0. The molecule has 0 aliphatic rings. The highest BCUT2D eigenvalue weighted by atomic mass is 35.5. The number of ketones is 1. The van der Waals surface area contributed by atoms with E-state index in [9.17, 15) is 13.2 Å². The minimum Gasteiger partial charge on any atom is -0.340 e. The molecular formula is C20H14ClN5O3S2. The van der Waals surface area contributed by atoms with Crippen LogP contribution in [0.5, 0.6) is 0 Å². The number of pyridine rings is 1. The number of rotatable bonds is 7. The van der Waals surface area contributed by atoms with Crippen LogP contribution in [0, 0.1) is 0 Å². The van der Waals surface area contributed by atoms with Gasteiger partial charge in [-0.15, -0.1) is 0 Å². The highest BCUT2D eigenvalue weighted by Crippen LogP contribution is 2.28. The van der Waals surface area contributed by atoms with Gasteiger partial charge in [0.25, 0.3) is 10.0 Å². The van der Waals surface area contributed by atoms with E-state index in [0.717, 1.165) is 5.41 Å². The molecule has 11 heteroatoms. The molecule has 0 spiro atoms. The minimum atomic E-state index is -3.71. The van der Waals surface area contributed by atoms with Crippen LogP contribution >= 0.6 is 22.9 Å². The number of nitrogens with one attached hydrogen (secondary N) is 2. The number of sulfonamides is 1. The van der Waals surface area contributed by atoms with Gasteiger partial charge in [0.15, 0.2) is 5.78 Å². The van der Waals surface area contributed by atoms with Crippen molar-refractivity contribution in [2.24, 2.45) is 0 Å². The van der Waals surface area contributed by atoms with Crippen molar-refractivity contribution in [3.63, 3.8) is 0 Å². The Bertz CT molecular complexity index is 1410. The standard InChI is InChI=1S/C20H14ClN5O3S2/c1-2-31(28,29)26-18-8-15-17(9-22-18)23-11-24-20(15)25-13-3-4-14(16(21)7-13)19(27)12-5-6-30-10-12/h2-11H,1H2,(H,22,26)(H,23,24,25). The van der Waals surface area contributed by atoms with E-state index in [1.807, 2.05) is 5.38 Å². The summed E-state index contributed by atoms with van der Waals surface area (Å²) < 4.78 is 25.8. The quantitative estimate of drug-likeness (QED) is 0.378. The minimum absolute atomic E-state index is 0.0972. The molecule has 3 heterocycles. The van der Waals surface area contributed by atoms with E-state index in [1.54, 1.807) is 29.6 Å². The first-order valence-corrected chi connectivity index (χ1v) is 11.6. The first kappa shape index (κ1) is 20.9. The van der Waals surface area contributed by atoms with E-state index >= 15 is 0 Å². The molecular weight excluding hydrogens is 458 g/mol. The van der Waals surface area contributed by atoms with E-state index in [2.05, 4.69) is 31.6 Å². The summed E-state index contributed by atoms with van der Waals surface area (Å²) in [6, 6.07) is 8.22. The third-order valence-corrected chi connectivity index (χ3v) is 6.18. The summed E-state index contributed by atoms with van der Waals surface area (Å²) in [5.74, 6) is 0.356. The first-order valence-electron chi connectivity index (χ1n) is 8.76. The lowest BCUT2D eigenvalue weighted by Gasteiger charge is -2.11. The molecule has 0 radical (unpaired) electrons. The van der Waals surface area contributed by atoms with Gasteiger partial charge in [0, 0.05) is 33.0 Å². The normalized spacial score (nSPS) is 11.3. The number of anilines is 3. The van der Waals surface area contributed by atoms with Gasteiger partial charge in [-0.05, 0) is 35.7 Å². The lowest BCUT2D eigenvalue weighted by Crippen LogP contribution is -2.09. The number of hydrogen-bond acceptors (Lipinski definition) is 8. The van der Waals surface area contributed by atoms with Crippen molar-refractivity contribution in [3.05, 3.63) is 81.8 Å². The fourth-order valence-electron chi connectivity index (χ4n) is 2.76. The first-order chi connectivity index (χ1) is 14.9. The Morgan fingerprint density at radius 2 is 2.00 bits per heavy atom. The average Bonchev–Trinajstić information content (AvgIpc) is 3.29. The van der Waals surface area contributed by atoms with Crippen LogP contribution < -0.4 is 10.0 Å². The fourth-order valence-corrected chi connectivity index (χ4v) is 4.15. The summed E-state index contributed by atoms with van der Waals surface area (Å²) in [4.78, 5) is 25.0. The highest BCUT2D eigenvalue weighted by Gasteiger charge is 2.15. The van der Waals surface area contributed by atoms with Crippen LogP contribution in [-0.2, 0) is 10.0 Å². The molecule has 0 atom stereocenters. The summed E-state index contributed by atoms with van der Waals surface area (Å²) >= 11 is 7.79. The SMILES string of the molecule is C=CS(=O)(=O)Nc1cc2c(Nc3ccc(C(=O)c4ccsc4)c(Cl)c3)ncnc2cn1. The summed E-state index contributed by atoms with van der Waals surface area (Å²) in [7, 11) is -3.71. The Morgan fingerprint density at radius 1 is 1.16 bits per heavy atom. The number of carbonyl (C=O) groups is 1. The number of fused-ring (bicyclic) bond motifs is 1. The van der Waals surface area contributed by atoms with Gasteiger partial charge in [-0.3, -0.25) is 9.52 Å². The Balaban J connectivity index is 1.66. The van der Waals surface area contributed by atoms with Crippen molar-refractivity contribution < 1.29 is 13.2 Å². The van der Waals surface area contributed by atoms with Crippen LogP contribution in [0.15, 0.2) is 65.6 Å². The van der Waals surface area contributed by atoms with Crippen LogP contribution in [0.25, 0.3) is 10.9 Å². The molecule has 3 aromatic heterocycles. The largest absolute Gasteiger partial charge is 0.340 e. The maximum Gasteiger partial charge on any atom is 0.255 e. The van der Waals surface area contributed by atoms with Crippen molar-refractivity contribution in [1.82, 2.24) is 15.0 Å². The van der Waals surface area contributed by atoms with E-state index in [1.165, 1.54) is 29.9 Å². The number of thiophene rings is 1. The van der Waals surface area contributed by atoms with Crippen LogP contribution in [-0.4, -0.2) is 29.2 Å².